The molecule has 4 rings (SSSR count). The highest BCUT2D eigenvalue weighted by Gasteiger charge is 2.47. The molecule has 23 heavy (non-hydrogen) atoms. The molecule has 2 atom stereocenters. The van der Waals surface area contributed by atoms with Gasteiger partial charge >= 0.3 is 12.1 Å². The Morgan fingerprint density at radius 3 is 2.39 bits per heavy atom. The van der Waals surface area contributed by atoms with Gasteiger partial charge in [-0.2, -0.15) is 13.2 Å². The Labute approximate surface area is 130 Å². The van der Waals surface area contributed by atoms with E-state index in [1.54, 1.807) is 6.20 Å². The van der Waals surface area contributed by atoms with Gasteiger partial charge in [-0.25, -0.2) is 4.98 Å². The minimum atomic E-state index is -4.81. The smallest absolute Gasteiger partial charge is 0.334 e. The van der Waals surface area contributed by atoms with E-state index in [1.165, 1.54) is 0 Å². The zero-order chi connectivity index (χ0) is 16.4. The molecule has 1 aromatic carbocycles. The number of amides is 1. The lowest BCUT2D eigenvalue weighted by Crippen LogP contribution is -2.46. The second-order valence-electron chi connectivity index (χ2n) is 6.32. The van der Waals surface area contributed by atoms with Crippen molar-refractivity contribution in [2.45, 2.75) is 31.4 Å². The molecule has 2 aliphatic rings. The number of aromatic nitrogens is 2. The van der Waals surface area contributed by atoms with Crippen molar-refractivity contribution in [2.75, 3.05) is 13.1 Å². The molecule has 2 aromatic rings. The summed E-state index contributed by atoms with van der Waals surface area (Å²) in [4.78, 5) is 21.3. The van der Waals surface area contributed by atoms with Crippen LogP contribution in [0.25, 0.3) is 11.0 Å². The number of carbonyl (C=O) groups excluding carboxylic acids is 1. The molecule has 1 aliphatic heterocycles. The van der Waals surface area contributed by atoms with Crippen LogP contribution in [0.3, 0.4) is 0 Å². The van der Waals surface area contributed by atoms with Crippen molar-refractivity contribution in [3.05, 3.63) is 35.2 Å². The number of alkyl halides is 3. The van der Waals surface area contributed by atoms with E-state index in [0.29, 0.717) is 0 Å². The molecule has 4 nitrogen and oxygen atoms in total. The van der Waals surface area contributed by atoms with Crippen LogP contribution in [-0.2, 0) is 4.79 Å². The molecule has 1 saturated heterocycles. The lowest BCUT2D eigenvalue weighted by Gasteiger charge is -2.32. The van der Waals surface area contributed by atoms with Crippen molar-refractivity contribution in [2.24, 2.45) is 0 Å². The average Bonchev–Trinajstić information content (AvgIpc) is 2.74. The van der Waals surface area contributed by atoms with E-state index in [4.69, 9.17) is 0 Å². The number of benzene rings is 1. The van der Waals surface area contributed by atoms with Crippen molar-refractivity contribution in [1.29, 1.82) is 0 Å². The molecule has 7 heteroatoms. The van der Waals surface area contributed by atoms with Crippen LogP contribution in [0.5, 0.6) is 0 Å². The minimum Gasteiger partial charge on any atom is -0.334 e. The fourth-order valence-electron chi connectivity index (χ4n) is 3.79. The molecule has 1 amide bonds. The largest absolute Gasteiger partial charge is 0.471 e. The van der Waals surface area contributed by atoms with Crippen molar-refractivity contribution in [3.63, 3.8) is 0 Å². The average molecular weight is 321 g/mol. The van der Waals surface area contributed by atoms with Crippen molar-refractivity contribution in [3.8, 4) is 0 Å². The van der Waals surface area contributed by atoms with Crippen LogP contribution in [0.1, 0.15) is 35.1 Å². The normalized spacial score (nSPS) is 23.2. The quantitative estimate of drug-likeness (QED) is 0.749. The summed E-state index contributed by atoms with van der Waals surface area (Å²) in [7, 11) is 0. The predicted octanol–water partition coefficient (Wildman–Crippen LogP) is 2.91. The lowest BCUT2D eigenvalue weighted by atomic mass is 9.95. The van der Waals surface area contributed by atoms with Crippen LogP contribution in [-0.4, -0.2) is 40.0 Å². The lowest BCUT2D eigenvalue weighted by molar-refractivity contribution is -0.186. The Bertz CT molecular complexity index is 818. The maximum atomic E-state index is 12.7. The number of hydrogen-bond acceptors (Lipinski definition) is 3. The zero-order valence-corrected chi connectivity index (χ0v) is 12.4. The predicted molar refractivity (Wildman–Crippen MR) is 77.0 cm³/mol. The van der Waals surface area contributed by atoms with E-state index in [2.05, 4.69) is 9.97 Å². The van der Waals surface area contributed by atoms with Gasteiger partial charge in [-0.15, -0.1) is 0 Å². The second-order valence-corrected chi connectivity index (χ2v) is 6.32. The van der Waals surface area contributed by atoms with Gasteiger partial charge in [0.25, 0.3) is 0 Å². The number of piperidine rings is 1. The molecule has 0 unspecified atom stereocenters. The van der Waals surface area contributed by atoms with Crippen LogP contribution >= 0.6 is 0 Å². The van der Waals surface area contributed by atoms with Crippen LogP contribution in [0.4, 0.5) is 13.2 Å². The maximum Gasteiger partial charge on any atom is 0.471 e. The van der Waals surface area contributed by atoms with E-state index < -0.39 is 12.1 Å². The van der Waals surface area contributed by atoms with Crippen molar-refractivity contribution < 1.29 is 18.0 Å². The Kier molecular flexibility index (Phi) is 2.92. The van der Waals surface area contributed by atoms with Gasteiger partial charge in [-0.3, -0.25) is 9.78 Å². The molecule has 0 saturated carbocycles. The molecule has 2 heterocycles. The first-order valence-electron chi connectivity index (χ1n) is 7.46. The molecule has 120 valence electrons. The standard InChI is InChI=1S/C16H14F3N3O/c1-8-5-20-13-3-11-9-2-10(12(11)4-14(13)21-8)7-22(6-9)15(23)16(17,18)19/h3-5,9-10H,2,6-7H2,1H3/t9-,10+/m1/s1. The van der Waals surface area contributed by atoms with Gasteiger partial charge in [0.05, 0.1) is 16.7 Å². The van der Waals surface area contributed by atoms with E-state index >= 15 is 0 Å². The number of likely N-dealkylation sites (tertiary alicyclic amines) is 1. The molecule has 1 aromatic heterocycles. The van der Waals surface area contributed by atoms with E-state index in [9.17, 15) is 18.0 Å². The van der Waals surface area contributed by atoms with Crippen LogP contribution < -0.4 is 0 Å². The first-order valence-corrected chi connectivity index (χ1v) is 7.46. The summed E-state index contributed by atoms with van der Waals surface area (Å²) in [5, 5.41) is 0. The van der Waals surface area contributed by atoms with Gasteiger partial charge in [0.2, 0.25) is 0 Å². The van der Waals surface area contributed by atoms with E-state index in [-0.39, 0.29) is 24.9 Å². The van der Waals surface area contributed by atoms with Crippen LogP contribution in [0, 0.1) is 6.92 Å². The summed E-state index contributed by atoms with van der Waals surface area (Å²) >= 11 is 0. The number of aryl methyl sites for hydroxylation is 1. The summed E-state index contributed by atoms with van der Waals surface area (Å²) in [6.07, 6.45) is -2.35. The van der Waals surface area contributed by atoms with E-state index in [1.807, 2.05) is 19.1 Å². The molecule has 1 aliphatic carbocycles. The zero-order valence-electron chi connectivity index (χ0n) is 12.4. The monoisotopic (exact) mass is 321 g/mol. The summed E-state index contributed by atoms with van der Waals surface area (Å²) in [6.45, 7) is 2.08. The van der Waals surface area contributed by atoms with Crippen LogP contribution in [0.15, 0.2) is 18.3 Å². The Morgan fingerprint density at radius 1 is 1.17 bits per heavy atom. The topological polar surface area (TPSA) is 46.1 Å². The number of hydrogen-bond donors (Lipinski definition) is 0. The molecular weight excluding hydrogens is 307 g/mol. The van der Waals surface area contributed by atoms with Gasteiger partial charge < -0.3 is 4.90 Å². The minimum absolute atomic E-state index is 0.0532. The summed E-state index contributed by atoms with van der Waals surface area (Å²) < 4.78 is 38.1. The van der Waals surface area contributed by atoms with Crippen molar-refractivity contribution >= 4 is 16.9 Å². The fraction of sp³-hybridized carbons (Fsp3) is 0.438. The van der Waals surface area contributed by atoms with Gasteiger partial charge in [-0.05, 0) is 36.6 Å². The third-order valence-corrected chi connectivity index (χ3v) is 4.73. The summed E-state index contributed by atoms with van der Waals surface area (Å²) in [5.41, 5.74) is 4.32. The molecule has 0 N–H and O–H groups in total. The van der Waals surface area contributed by atoms with Gasteiger partial charge in [0.15, 0.2) is 0 Å². The van der Waals surface area contributed by atoms with Gasteiger partial charge in [0.1, 0.15) is 0 Å². The highest BCUT2D eigenvalue weighted by Crippen LogP contribution is 2.47. The number of halogens is 3. The number of nitrogens with zero attached hydrogens (tertiary/aromatic N) is 3. The molecular formula is C16H14F3N3O. The molecule has 2 bridgehead atoms. The highest BCUT2D eigenvalue weighted by molar-refractivity contribution is 5.83. The molecule has 0 radical (unpaired) electrons. The molecule has 1 fully saturated rings. The maximum absolute atomic E-state index is 12.7. The SMILES string of the molecule is Cc1cnc2cc3c(cc2n1)[C@H]1C[C@@H]3CN(C(=O)C(F)(F)F)C1. The van der Waals surface area contributed by atoms with Gasteiger partial charge in [0, 0.05) is 31.1 Å². The Balaban J connectivity index is 1.73. The number of fused-ring (bicyclic) bond motifs is 6. The summed E-state index contributed by atoms with van der Waals surface area (Å²) in [6, 6.07) is 3.85. The number of carbonyl (C=O) groups is 1. The third kappa shape index (κ3) is 2.26. The van der Waals surface area contributed by atoms with E-state index in [0.717, 1.165) is 39.2 Å². The first kappa shape index (κ1) is 14.4. The highest BCUT2D eigenvalue weighted by atomic mass is 19.4. The van der Waals surface area contributed by atoms with Gasteiger partial charge in [-0.1, -0.05) is 0 Å². The number of rotatable bonds is 0. The summed E-state index contributed by atoms with van der Waals surface area (Å²) in [5.74, 6) is -1.85. The molecule has 0 spiro atoms. The Hall–Kier alpha value is -2.18. The fourth-order valence-corrected chi connectivity index (χ4v) is 3.79. The third-order valence-electron chi connectivity index (χ3n) is 4.73. The van der Waals surface area contributed by atoms with Crippen molar-refractivity contribution in [1.82, 2.24) is 14.9 Å². The first-order chi connectivity index (χ1) is 10.8. The van der Waals surface area contributed by atoms with Crippen LogP contribution in [0.2, 0.25) is 0 Å². The Morgan fingerprint density at radius 2 is 1.78 bits per heavy atom. The second kappa shape index (κ2) is 4.66.